The van der Waals surface area contributed by atoms with Crippen LogP contribution in [0.5, 0.6) is 17.2 Å². The normalized spacial score (nSPS) is 16.7. The molecule has 2 aromatic carbocycles. The Balaban J connectivity index is 1.94. The van der Waals surface area contributed by atoms with Crippen molar-refractivity contribution >= 4 is 21.7 Å². The van der Waals surface area contributed by atoms with Crippen LogP contribution in [0.4, 0.5) is 0 Å². The van der Waals surface area contributed by atoms with E-state index >= 15 is 0 Å². The van der Waals surface area contributed by atoms with Crippen LogP contribution in [0.15, 0.2) is 40.9 Å². The van der Waals surface area contributed by atoms with Crippen LogP contribution in [-0.2, 0) is 0 Å². The van der Waals surface area contributed by atoms with Gasteiger partial charge in [-0.05, 0) is 35.9 Å². The smallest absolute Gasteiger partial charge is 0.170 e. The number of halogens is 1. The van der Waals surface area contributed by atoms with Crippen molar-refractivity contribution in [2.75, 3.05) is 14.2 Å². The van der Waals surface area contributed by atoms with Crippen LogP contribution >= 0.6 is 15.9 Å². The van der Waals surface area contributed by atoms with Gasteiger partial charge in [0.2, 0.25) is 0 Å². The maximum Gasteiger partial charge on any atom is 0.170 e. The van der Waals surface area contributed by atoms with Crippen molar-refractivity contribution in [2.45, 2.75) is 12.5 Å². The maximum atomic E-state index is 12.3. The minimum atomic E-state index is -0.319. The monoisotopic (exact) mass is 362 g/mol. The Bertz CT molecular complexity index is 727. The number of Topliss-reactive ketones (excluding diaryl/α,β-unsaturated/α-hetero) is 1. The van der Waals surface area contributed by atoms with Gasteiger partial charge in [-0.2, -0.15) is 0 Å². The molecule has 0 radical (unpaired) electrons. The van der Waals surface area contributed by atoms with Crippen LogP contribution in [0.25, 0.3) is 0 Å². The molecule has 1 aliphatic rings. The molecular weight excluding hydrogens is 348 g/mol. The van der Waals surface area contributed by atoms with Gasteiger partial charge in [0.1, 0.15) is 11.9 Å². The first-order valence-electron chi connectivity index (χ1n) is 6.83. The van der Waals surface area contributed by atoms with E-state index in [0.29, 0.717) is 29.2 Å². The van der Waals surface area contributed by atoms with Crippen LogP contribution in [0.3, 0.4) is 0 Å². The molecule has 2 aromatic rings. The van der Waals surface area contributed by atoms with Crippen LogP contribution in [0, 0.1) is 0 Å². The van der Waals surface area contributed by atoms with Crippen molar-refractivity contribution in [3.05, 3.63) is 52.0 Å². The number of hydrogen-bond donors (Lipinski definition) is 0. The molecule has 3 rings (SSSR count). The number of rotatable bonds is 3. The Morgan fingerprint density at radius 1 is 1.09 bits per heavy atom. The largest absolute Gasteiger partial charge is 0.493 e. The summed E-state index contributed by atoms with van der Waals surface area (Å²) in [5.74, 6) is 1.96. The summed E-state index contributed by atoms with van der Waals surface area (Å²) >= 11 is 3.37. The van der Waals surface area contributed by atoms with Gasteiger partial charge in [-0.15, -0.1) is 0 Å². The molecule has 5 heteroatoms. The molecular formula is C17H15BrO4. The molecule has 1 aliphatic heterocycles. The second-order valence-electron chi connectivity index (χ2n) is 4.99. The summed E-state index contributed by atoms with van der Waals surface area (Å²) in [5, 5.41) is 0. The van der Waals surface area contributed by atoms with Gasteiger partial charge in [-0.25, -0.2) is 0 Å². The summed E-state index contributed by atoms with van der Waals surface area (Å²) in [7, 11) is 3.17. The Labute approximate surface area is 137 Å². The summed E-state index contributed by atoms with van der Waals surface area (Å²) in [6, 6.07) is 11.0. The number of ether oxygens (including phenoxy) is 3. The zero-order valence-electron chi connectivity index (χ0n) is 12.3. The van der Waals surface area contributed by atoms with E-state index in [4.69, 9.17) is 14.2 Å². The van der Waals surface area contributed by atoms with E-state index in [1.165, 1.54) is 0 Å². The molecule has 1 atom stereocenters. The average molecular weight is 363 g/mol. The lowest BCUT2D eigenvalue weighted by Crippen LogP contribution is -2.20. The molecule has 1 heterocycles. The molecule has 114 valence electrons. The standard InChI is InChI=1S/C17H15BrO4/c1-20-15-5-3-10(7-17(15)21-2)16-9-13(19)12-8-11(18)4-6-14(12)22-16/h3-8,16H,9H2,1-2H3. The molecule has 22 heavy (non-hydrogen) atoms. The highest BCUT2D eigenvalue weighted by atomic mass is 79.9. The lowest BCUT2D eigenvalue weighted by atomic mass is 9.96. The van der Waals surface area contributed by atoms with Crippen LogP contribution in [0.1, 0.15) is 28.4 Å². The molecule has 0 saturated carbocycles. The van der Waals surface area contributed by atoms with Crippen LogP contribution < -0.4 is 14.2 Å². The first-order valence-corrected chi connectivity index (χ1v) is 7.63. The fraction of sp³-hybridized carbons (Fsp3) is 0.235. The van der Waals surface area contributed by atoms with Gasteiger partial charge in [-0.1, -0.05) is 22.0 Å². The fourth-order valence-electron chi connectivity index (χ4n) is 2.54. The number of fused-ring (bicyclic) bond motifs is 1. The summed E-state index contributed by atoms with van der Waals surface area (Å²) in [6.07, 6.45) is -0.0140. The molecule has 0 fully saturated rings. The van der Waals surface area contributed by atoms with Gasteiger partial charge in [0, 0.05) is 4.47 Å². The van der Waals surface area contributed by atoms with Crippen LogP contribution in [0.2, 0.25) is 0 Å². The van der Waals surface area contributed by atoms with Gasteiger partial charge in [0.25, 0.3) is 0 Å². The Hall–Kier alpha value is -2.01. The number of carbonyl (C=O) groups excluding carboxylic acids is 1. The Morgan fingerprint density at radius 3 is 2.59 bits per heavy atom. The van der Waals surface area contributed by atoms with E-state index in [-0.39, 0.29) is 11.9 Å². The maximum absolute atomic E-state index is 12.3. The van der Waals surface area contributed by atoms with Gasteiger partial charge in [0.15, 0.2) is 17.3 Å². The predicted molar refractivity (Wildman–Crippen MR) is 86.0 cm³/mol. The van der Waals surface area contributed by atoms with Crippen molar-refractivity contribution < 1.29 is 19.0 Å². The molecule has 1 unspecified atom stereocenters. The first kappa shape index (κ1) is 14.9. The summed E-state index contributed by atoms with van der Waals surface area (Å²) in [4.78, 5) is 12.3. The lowest BCUT2D eigenvalue weighted by molar-refractivity contribution is 0.0849. The Morgan fingerprint density at radius 2 is 1.86 bits per heavy atom. The van der Waals surface area contributed by atoms with Gasteiger partial charge in [-0.3, -0.25) is 4.79 Å². The molecule has 0 N–H and O–H groups in total. The Kier molecular flexibility index (Phi) is 4.07. The van der Waals surface area contributed by atoms with E-state index in [2.05, 4.69) is 15.9 Å². The van der Waals surface area contributed by atoms with Crippen molar-refractivity contribution in [3.63, 3.8) is 0 Å². The van der Waals surface area contributed by atoms with Crippen molar-refractivity contribution in [3.8, 4) is 17.2 Å². The fourth-order valence-corrected chi connectivity index (χ4v) is 2.90. The van der Waals surface area contributed by atoms with E-state index < -0.39 is 0 Å². The van der Waals surface area contributed by atoms with E-state index in [1.54, 1.807) is 20.3 Å². The second kappa shape index (κ2) is 6.01. The SMILES string of the molecule is COc1ccc(C2CC(=O)c3cc(Br)ccc3O2)cc1OC. The lowest BCUT2D eigenvalue weighted by Gasteiger charge is -2.26. The third-order valence-electron chi connectivity index (χ3n) is 3.66. The van der Waals surface area contributed by atoms with Crippen molar-refractivity contribution in [2.24, 2.45) is 0 Å². The third-order valence-corrected chi connectivity index (χ3v) is 4.15. The molecule has 0 bridgehead atoms. The summed E-state index contributed by atoms with van der Waals surface area (Å²) < 4.78 is 17.4. The van der Waals surface area contributed by atoms with Crippen molar-refractivity contribution in [1.29, 1.82) is 0 Å². The predicted octanol–water partition coefficient (Wildman–Crippen LogP) is 4.17. The average Bonchev–Trinajstić information content (AvgIpc) is 2.54. The highest BCUT2D eigenvalue weighted by Crippen LogP contribution is 2.38. The number of benzene rings is 2. The molecule has 0 saturated heterocycles. The van der Waals surface area contributed by atoms with Gasteiger partial charge >= 0.3 is 0 Å². The molecule has 0 aliphatic carbocycles. The third kappa shape index (κ3) is 2.68. The molecule has 4 nitrogen and oxygen atoms in total. The molecule has 0 aromatic heterocycles. The zero-order valence-corrected chi connectivity index (χ0v) is 13.8. The molecule has 0 amide bonds. The topological polar surface area (TPSA) is 44.8 Å². The molecule has 0 spiro atoms. The van der Waals surface area contributed by atoms with E-state index in [9.17, 15) is 4.79 Å². The van der Waals surface area contributed by atoms with Crippen LogP contribution in [-0.4, -0.2) is 20.0 Å². The van der Waals surface area contributed by atoms with Crippen molar-refractivity contribution in [1.82, 2.24) is 0 Å². The highest BCUT2D eigenvalue weighted by molar-refractivity contribution is 9.10. The number of ketones is 1. The van der Waals surface area contributed by atoms with Gasteiger partial charge < -0.3 is 14.2 Å². The highest BCUT2D eigenvalue weighted by Gasteiger charge is 2.28. The summed E-state index contributed by atoms with van der Waals surface area (Å²) in [6.45, 7) is 0. The second-order valence-corrected chi connectivity index (χ2v) is 5.90. The first-order chi connectivity index (χ1) is 10.6. The van der Waals surface area contributed by atoms with E-state index in [0.717, 1.165) is 10.0 Å². The summed E-state index contributed by atoms with van der Waals surface area (Å²) in [5.41, 5.74) is 1.51. The number of hydrogen-bond acceptors (Lipinski definition) is 4. The quantitative estimate of drug-likeness (QED) is 0.821. The minimum Gasteiger partial charge on any atom is -0.493 e. The minimum absolute atomic E-state index is 0.0716. The van der Waals surface area contributed by atoms with Gasteiger partial charge in [0.05, 0.1) is 26.2 Å². The van der Waals surface area contributed by atoms with E-state index in [1.807, 2.05) is 30.3 Å². The number of carbonyl (C=O) groups is 1. The zero-order chi connectivity index (χ0) is 15.7. The number of methoxy groups -OCH3 is 2.